The fourth-order valence-electron chi connectivity index (χ4n) is 1.30. The van der Waals surface area contributed by atoms with Gasteiger partial charge in [-0.05, 0) is 17.7 Å². The number of ether oxygens (including phenoxy) is 2. The lowest BCUT2D eigenvalue weighted by atomic mass is 9.81. The summed E-state index contributed by atoms with van der Waals surface area (Å²) in [5.74, 6) is -0.515. The Morgan fingerprint density at radius 3 is 2.25 bits per heavy atom. The van der Waals surface area contributed by atoms with E-state index in [2.05, 4.69) is 4.74 Å². The van der Waals surface area contributed by atoms with Crippen LogP contribution in [0.4, 0.5) is 0 Å². The molecular formula is C11H13BO4. The SMILES string of the molecule is BC(C(=O)OC)c1ccc(OC(C)=O)cc1. The van der Waals surface area contributed by atoms with E-state index in [9.17, 15) is 9.59 Å². The van der Waals surface area contributed by atoms with Gasteiger partial charge in [0, 0.05) is 6.92 Å². The van der Waals surface area contributed by atoms with Gasteiger partial charge in [0.25, 0.3) is 0 Å². The number of methoxy groups -OCH3 is 1. The third-order valence-corrected chi connectivity index (χ3v) is 2.20. The van der Waals surface area contributed by atoms with Crippen molar-refractivity contribution in [1.29, 1.82) is 0 Å². The maximum Gasteiger partial charge on any atom is 0.308 e. The highest BCUT2D eigenvalue weighted by Gasteiger charge is 2.15. The number of rotatable bonds is 3. The summed E-state index contributed by atoms with van der Waals surface area (Å²) in [5.41, 5.74) is 0.822. The van der Waals surface area contributed by atoms with Crippen LogP contribution < -0.4 is 4.74 Å². The molecule has 0 saturated carbocycles. The Labute approximate surface area is 95.0 Å². The van der Waals surface area contributed by atoms with Gasteiger partial charge in [-0.2, -0.15) is 0 Å². The number of carbonyl (C=O) groups is 2. The summed E-state index contributed by atoms with van der Waals surface area (Å²) in [5, 5.41) is 0. The number of hydrogen-bond acceptors (Lipinski definition) is 4. The van der Waals surface area contributed by atoms with Crippen molar-refractivity contribution in [2.24, 2.45) is 0 Å². The van der Waals surface area contributed by atoms with Crippen LogP contribution >= 0.6 is 0 Å². The Bertz CT molecular complexity index is 385. The molecule has 1 aromatic rings. The average Bonchev–Trinajstić information content (AvgIpc) is 2.27. The Balaban J connectivity index is 2.78. The predicted molar refractivity (Wildman–Crippen MR) is 61.1 cm³/mol. The van der Waals surface area contributed by atoms with Gasteiger partial charge in [0.1, 0.15) is 13.6 Å². The summed E-state index contributed by atoms with van der Waals surface area (Å²) in [7, 11) is 3.11. The van der Waals surface area contributed by atoms with Gasteiger partial charge >= 0.3 is 11.9 Å². The van der Waals surface area contributed by atoms with Crippen molar-refractivity contribution >= 4 is 19.8 Å². The Morgan fingerprint density at radius 1 is 1.25 bits per heavy atom. The van der Waals surface area contributed by atoms with E-state index in [-0.39, 0.29) is 17.8 Å². The van der Waals surface area contributed by atoms with Crippen molar-refractivity contribution in [2.75, 3.05) is 7.11 Å². The molecular weight excluding hydrogens is 207 g/mol. The highest BCUT2D eigenvalue weighted by atomic mass is 16.5. The second-order valence-corrected chi connectivity index (χ2v) is 3.41. The van der Waals surface area contributed by atoms with Crippen LogP contribution in [0.3, 0.4) is 0 Å². The topological polar surface area (TPSA) is 52.6 Å². The molecule has 0 saturated heterocycles. The molecule has 5 heteroatoms. The van der Waals surface area contributed by atoms with E-state index in [1.807, 2.05) is 0 Å². The molecule has 0 aliphatic rings. The zero-order valence-corrected chi connectivity index (χ0v) is 9.52. The van der Waals surface area contributed by atoms with Crippen molar-refractivity contribution in [2.45, 2.75) is 12.7 Å². The van der Waals surface area contributed by atoms with Crippen LogP contribution in [-0.2, 0) is 14.3 Å². The van der Waals surface area contributed by atoms with E-state index in [1.54, 1.807) is 32.1 Å². The molecule has 1 aromatic carbocycles. The zero-order valence-electron chi connectivity index (χ0n) is 9.52. The lowest BCUT2D eigenvalue weighted by Gasteiger charge is -2.09. The number of carbonyl (C=O) groups excluding carboxylic acids is 2. The maximum absolute atomic E-state index is 11.3. The van der Waals surface area contributed by atoms with Crippen molar-refractivity contribution in [3.63, 3.8) is 0 Å². The number of esters is 2. The molecule has 0 amide bonds. The summed E-state index contributed by atoms with van der Waals surface area (Å²) in [4.78, 5) is 22.0. The Kier molecular flexibility index (Phi) is 4.11. The Hall–Kier alpha value is -1.78. The molecule has 0 aliphatic carbocycles. The molecule has 0 spiro atoms. The molecule has 0 N–H and O–H groups in total. The highest BCUT2D eigenvalue weighted by Crippen LogP contribution is 2.18. The zero-order chi connectivity index (χ0) is 12.1. The molecule has 1 atom stereocenters. The van der Waals surface area contributed by atoms with Crippen molar-refractivity contribution in [3.8, 4) is 5.75 Å². The van der Waals surface area contributed by atoms with Crippen molar-refractivity contribution in [1.82, 2.24) is 0 Å². The van der Waals surface area contributed by atoms with Crippen LogP contribution in [-0.4, -0.2) is 26.9 Å². The van der Waals surface area contributed by atoms with Gasteiger partial charge in [0.2, 0.25) is 0 Å². The van der Waals surface area contributed by atoms with Crippen molar-refractivity contribution < 1.29 is 19.1 Å². The van der Waals surface area contributed by atoms with E-state index in [0.29, 0.717) is 5.75 Å². The van der Waals surface area contributed by atoms with Gasteiger partial charge in [-0.1, -0.05) is 12.1 Å². The Morgan fingerprint density at radius 2 is 1.81 bits per heavy atom. The molecule has 0 aliphatic heterocycles. The molecule has 1 rings (SSSR count). The van der Waals surface area contributed by atoms with Gasteiger partial charge in [0.15, 0.2) is 0 Å². The van der Waals surface area contributed by atoms with Gasteiger partial charge in [-0.3, -0.25) is 9.59 Å². The molecule has 16 heavy (non-hydrogen) atoms. The minimum absolute atomic E-state index is 0.291. The summed E-state index contributed by atoms with van der Waals surface area (Å²) in [6.07, 6.45) is 0. The lowest BCUT2D eigenvalue weighted by Crippen LogP contribution is -2.14. The van der Waals surface area contributed by atoms with Crippen LogP contribution in [0, 0.1) is 0 Å². The predicted octanol–water partition coefficient (Wildman–Crippen LogP) is 0.459. The van der Waals surface area contributed by atoms with Crippen LogP contribution in [0.2, 0.25) is 0 Å². The summed E-state index contributed by atoms with van der Waals surface area (Å²) < 4.78 is 9.52. The van der Waals surface area contributed by atoms with Gasteiger partial charge in [-0.25, -0.2) is 0 Å². The van der Waals surface area contributed by atoms with Gasteiger partial charge in [-0.15, -0.1) is 0 Å². The summed E-state index contributed by atoms with van der Waals surface area (Å²) >= 11 is 0. The summed E-state index contributed by atoms with van der Waals surface area (Å²) in [6, 6.07) is 6.77. The van der Waals surface area contributed by atoms with E-state index in [4.69, 9.17) is 4.74 Å². The minimum atomic E-state index is -0.367. The molecule has 4 nitrogen and oxygen atoms in total. The van der Waals surface area contributed by atoms with Crippen LogP contribution in [0.1, 0.15) is 18.3 Å². The second kappa shape index (κ2) is 5.35. The van der Waals surface area contributed by atoms with Crippen LogP contribution in [0.5, 0.6) is 5.75 Å². The van der Waals surface area contributed by atoms with Crippen LogP contribution in [0.15, 0.2) is 24.3 Å². The molecule has 0 aromatic heterocycles. The first kappa shape index (κ1) is 12.3. The smallest absolute Gasteiger partial charge is 0.308 e. The minimum Gasteiger partial charge on any atom is -0.469 e. The van der Waals surface area contributed by atoms with Crippen LogP contribution in [0.25, 0.3) is 0 Å². The summed E-state index contributed by atoms with van der Waals surface area (Å²) in [6.45, 7) is 1.34. The number of benzene rings is 1. The first-order chi connectivity index (χ1) is 7.54. The largest absolute Gasteiger partial charge is 0.469 e. The lowest BCUT2D eigenvalue weighted by molar-refractivity contribution is -0.140. The highest BCUT2D eigenvalue weighted by molar-refractivity contribution is 6.23. The maximum atomic E-state index is 11.3. The molecule has 84 valence electrons. The molecule has 1 unspecified atom stereocenters. The molecule has 0 heterocycles. The second-order valence-electron chi connectivity index (χ2n) is 3.41. The standard InChI is InChI=1S/C11H13BO4/c1-7(13)16-9-5-3-8(4-6-9)10(12)11(14)15-2/h3-6,10H,12H2,1-2H3. The van der Waals surface area contributed by atoms with Crippen molar-refractivity contribution in [3.05, 3.63) is 29.8 Å². The molecule has 0 radical (unpaired) electrons. The van der Waals surface area contributed by atoms with E-state index in [0.717, 1.165) is 5.56 Å². The van der Waals surface area contributed by atoms with Gasteiger partial charge < -0.3 is 9.47 Å². The van der Waals surface area contributed by atoms with E-state index in [1.165, 1.54) is 14.0 Å². The first-order valence-electron chi connectivity index (χ1n) is 4.90. The number of hydrogen-bond donors (Lipinski definition) is 0. The molecule has 0 fully saturated rings. The quantitative estimate of drug-likeness (QED) is 0.421. The fourth-order valence-corrected chi connectivity index (χ4v) is 1.30. The third kappa shape index (κ3) is 3.12. The molecule has 0 bridgehead atoms. The average molecular weight is 220 g/mol. The van der Waals surface area contributed by atoms with Gasteiger partial charge in [0.05, 0.1) is 12.9 Å². The van der Waals surface area contributed by atoms with E-state index < -0.39 is 0 Å². The fraction of sp³-hybridized carbons (Fsp3) is 0.273. The first-order valence-corrected chi connectivity index (χ1v) is 4.90. The monoisotopic (exact) mass is 220 g/mol. The van der Waals surface area contributed by atoms with E-state index >= 15 is 0 Å². The normalized spacial score (nSPS) is 11.6. The third-order valence-electron chi connectivity index (χ3n) is 2.20.